The molecule has 108 valence electrons. The fraction of sp³-hybridized carbons (Fsp3) is 0.625. The van der Waals surface area contributed by atoms with Crippen LogP contribution in [-0.2, 0) is 11.2 Å². The summed E-state index contributed by atoms with van der Waals surface area (Å²) in [5.41, 5.74) is 8.58. The highest BCUT2D eigenvalue weighted by Crippen LogP contribution is 2.24. The summed E-state index contributed by atoms with van der Waals surface area (Å²) in [6.45, 7) is 8.20. The van der Waals surface area contributed by atoms with Gasteiger partial charge in [-0.05, 0) is 38.3 Å². The molecule has 3 nitrogen and oxygen atoms in total. The standard InChI is InChI=1S/C16H28N2O/c1-5-14(3)18(10-11-19-4)16-9-7-6-8-15(16)12-13(2)17/h6-9,13-14H,5,10-12,17H2,1-4H3. The largest absolute Gasteiger partial charge is 0.383 e. The van der Waals surface area contributed by atoms with Crippen LogP contribution in [0.15, 0.2) is 24.3 Å². The summed E-state index contributed by atoms with van der Waals surface area (Å²) in [6.07, 6.45) is 2.03. The average molecular weight is 264 g/mol. The van der Waals surface area contributed by atoms with Crippen LogP contribution in [0.25, 0.3) is 0 Å². The summed E-state index contributed by atoms with van der Waals surface area (Å²) in [5.74, 6) is 0. The Morgan fingerprint density at radius 3 is 2.53 bits per heavy atom. The van der Waals surface area contributed by atoms with Crippen LogP contribution in [0, 0.1) is 0 Å². The topological polar surface area (TPSA) is 38.5 Å². The minimum Gasteiger partial charge on any atom is -0.383 e. The summed E-state index contributed by atoms with van der Waals surface area (Å²) >= 11 is 0. The molecule has 0 fully saturated rings. The van der Waals surface area contributed by atoms with E-state index in [1.54, 1.807) is 7.11 Å². The molecule has 0 saturated heterocycles. The molecule has 0 aliphatic carbocycles. The number of para-hydroxylation sites is 1. The molecule has 2 N–H and O–H groups in total. The van der Waals surface area contributed by atoms with E-state index in [1.807, 2.05) is 0 Å². The average Bonchev–Trinajstić information content (AvgIpc) is 2.39. The van der Waals surface area contributed by atoms with Gasteiger partial charge in [-0.1, -0.05) is 25.1 Å². The van der Waals surface area contributed by atoms with Crippen LogP contribution >= 0.6 is 0 Å². The van der Waals surface area contributed by atoms with Crippen molar-refractivity contribution in [2.24, 2.45) is 5.73 Å². The van der Waals surface area contributed by atoms with E-state index >= 15 is 0 Å². The highest BCUT2D eigenvalue weighted by atomic mass is 16.5. The molecule has 0 radical (unpaired) electrons. The first-order valence-electron chi connectivity index (χ1n) is 7.19. The van der Waals surface area contributed by atoms with Crippen molar-refractivity contribution >= 4 is 5.69 Å². The first-order chi connectivity index (χ1) is 9.10. The minimum absolute atomic E-state index is 0.183. The molecule has 2 unspecified atom stereocenters. The van der Waals surface area contributed by atoms with Crippen molar-refractivity contribution in [2.75, 3.05) is 25.2 Å². The zero-order valence-electron chi connectivity index (χ0n) is 12.7. The van der Waals surface area contributed by atoms with Gasteiger partial charge in [-0.25, -0.2) is 0 Å². The summed E-state index contributed by atoms with van der Waals surface area (Å²) in [6, 6.07) is 9.25. The van der Waals surface area contributed by atoms with Crippen LogP contribution in [0.5, 0.6) is 0 Å². The lowest BCUT2D eigenvalue weighted by Crippen LogP contribution is -2.36. The van der Waals surface area contributed by atoms with Gasteiger partial charge < -0.3 is 15.4 Å². The summed E-state index contributed by atoms with van der Waals surface area (Å²) < 4.78 is 5.24. The fourth-order valence-corrected chi connectivity index (χ4v) is 2.30. The number of hydrogen-bond acceptors (Lipinski definition) is 3. The lowest BCUT2D eigenvalue weighted by atomic mass is 10.0. The molecule has 1 aromatic rings. The molecule has 1 aromatic carbocycles. The maximum atomic E-state index is 5.96. The Morgan fingerprint density at radius 1 is 1.26 bits per heavy atom. The second-order valence-corrected chi connectivity index (χ2v) is 5.25. The van der Waals surface area contributed by atoms with Crippen LogP contribution in [0.1, 0.15) is 32.8 Å². The molecule has 19 heavy (non-hydrogen) atoms. The Kier molecular flexibility index (Phi) is 6.89. The van der Waals surface area contributed by atoms with Crippen molar-refractivity contribution in [3.63, 3.8) is 0 Å². The van der Waals surface area contributed by atoms with Crippen LogP contribution in [0.4, 0.5) is 5.69 Å². The van der Waals surface area contributed by atoms with E-state index in [0.717, 1.165) is 26.0 Å². The molecule has 3 heteroatoms. The molecule has 0 saturated carbocycles. The highest BCUT2D eigenvalue weighted by molar-refractivity contribution is 5.54. The van der Waals surface area contributed by atoms with E-state index in [1.165, 1.54) is 11.3 Å². The highest BCUT2D eigenvalue weighted by Gasteiger charge is 2.16. The van der Waals surface area contributed by atoms with E-state index < -0.39 is 0 Å². The van der Waals surface area contributed by atoms with Crippen molar-refractivity contribution in [1.29, 1.82) is 0 Å². The summed E-state index contributed by atoms with van der Waals surface area (Å²) in [4.78, 5) is 2.43. The molecule has 0 bridgehead atoms. The maximum absolute atomic E-state index is 5.96. The Morgan fingerprint density at radius 2 is 1.95 bits per heavy atom. The maximum Gasteiger partial charge on any atom is 0.0637 e. The third kappa shape index (κ3) is 4.84. The van der Waals surface area contributed by atoms with Crippen molar-refractivity contribution in [3.05, 3.63) is 29.8 Å². The van der Waals surface area contributed by atoms with E-state index in [9.17, 15) is 0 Å². The second-order valence-electron chi connectivity index (χ2n) is 5.25. The number of ether oxygens (including phenoxy) is 1. The van der Waals surface area contributed by atoms with E-state index in [2.05, 4.69) is 49.9 Å². The zero-order valence-corrected chi connectivity index (χ0v) is 12.7. The number of nitrogens with zero attached hydrogens (tertiary/aromatic N) is 1. The number of nitrogens with two attached hydrogens (primary N) is 1. The Labute approximate surface area is 117 Å². The number of anilines is 1. The molecule has 0 heterocycles. The molecule has 0 aromatic heterocycles. The fourth-order valence-electron chi connectivity index (χ4n) is 2.30. The van der Waals surface area contributed by atoms with Crippen LogP contribution in [0.2, 0.25) is 0 Å². The molecule has 0 spiro atoms. The predicted octanol–water partition coefficient (Wildman–Crippen LogP) is 2.83. The van der Waals surface area contributed by atoms with Crippen molar-refractivity contribution in [1.82, 2.24) is 0 Å². The van der Waals surface area contributed by atoms with Gasteiger partial charge in [-0.15, -0.1) is 0 Å². The molecule has 0 aliphatic heterocycles. The lowest BCUT2D eigenvalue weighted by Gasteiger charge is -2.32. The van der Waals surface area contributed by atoms with Crippen LogP contribution < -0.4 is 10.6 Å². The van der Waals surface area contributed by atoms with E-state index in [4.69, 9.17) is 10.5 Å². The van der Waals surface area contributed by atoms with Gasteiger partial charge in [0.2, 0.25) is 0 Å². The number of rotatable bonds is 8. The van der Waals surface area contributed by atoms with Gasteiger partial charge in [0, 0.05) is 31.4 Å². The second kappa shape index (κ2) is 8.18. The SMILES string of the molecule is CCC(C)N(CCOC)c1ccccc1CC(C)N. The van der Waals surface area contributed by atoms with Gasteiger partial charge in [0.05, 0.1) is 6.61 Å². The zero-order chi connectivity index (χ0) is 14.3. The summed E-state index contributed by atoms with van der Waals surface area (Å²) in [7, 11) is 1.75. The molecule has 2 atom stereocenters. The number of benzene rings is 1. The molecule has 0 amide bonds. The van der Waals surface area contributed by atoms with Crippen molar-refractivity contribution < 1.29 is 4.74 Å². The minimum atomic E-state index is 0.183. The van der Waals surface area contributed by atoms with E-state index in [0.29, 0.717) is 6.04 Å². The van der Waals surface area contributed by atoms with Crippen LogP contribution in [-0.4, -0.2) is 32.3 Å². The molecular formula is C16H28N2O. The first-order valence-corrected chi connectivity index (χ1v) is 7.19. The first kappa shape index (κ1) is 16.0. The molecule has 0 aliphatic rings. The summed E-state index contributed by atoms with van der Waals surface area (Å²) in [5, 5.41) is 0. The smallest absolute Gasteiger partial charge is 0.0637 e. The predicted molar refractivity (Wildman–Crippen MR) is 82.8 cm³/mol. The molecular weight excluding hydrogens is 236 g/mol. The van der Waals surface area contributed by atoms with Gasteiger partial charge in [-0.2, -0.15) is 0 Å². The monoisotopic (exact) mass is 264 g/mol. The van der Waals surface area contributed by atoms with Gasteiger partial charge in [0.15, 0.2) is 0 Å². The Bertz CT molecular complexity index is 366. The molecule has 1 rings (SSSR count). The number of hydrogen-bond donors (Lipinski definition) is 1. The van der Waals surface area contributed by atoms with Crippen LogP contribution in [0.3, 0.4) is 0 Å². The van der Waals surface area contributed by atoms with Crippen molar-refractivity contribution in [2.45, 2.75) is 45.7 Å². The van der Waals surface area contributed by atoms with Gasteiger partial charge in [-0.3, -0.25) is 0 Å². The van der Waals surface area contributed by atoms with Gasteiger partial charge in [0.25, 0.3) is 0 Å². The van der Waals surface area contributed by atoms with Gasteiger partial charge >= 0.3 is 0 Å². The Hall–Kier alpha value is -1.06. The Balaban J connectivity index is 2.99. The quantitative estimate of drug-likeness (QED) is 0.784. The van der Waals surface area contributed by atoms with Gasteiger partial charge in [0.1, 0.15) is 0 Å². The third-order valence-electron chi connectivity index (χ3n) is 3.50. The third-order valence-corrected chi connectivity index (χ3v) is 3.50. The number of methoxy groups -OCH3 is 1. The van der Waals surface area contributed by atoms with Crippen molar-refractivity contribution in [3.8, 4) is 0 Å². The van der Waals surface area contributed by atoms with E-state index in [-0.39, 0.29) is 6.04 Å². The lowest BCUT2D eigenvalue weighted by molar-refractivity contribution is 0.203. The normalized spacial score (nSPS) is 14.2.